The predicted octanol–water partition coefficient (Wildman–Crippen LogP) is 5.45. The molecule has 2 aromatic rings. The molecule has 2 bridgehead atoms. The first-order valence-electron chi connectivity index (χ1n) is 8.38. The van der Waals surface area contributed by atoms with Crippen LogP contribution in [0.5, 0.6) is 0 Å². The van der Waals surface area contributed by atoms with Gasteiger partial charge in [0.2, 0.25) is 0 Å². The number of fused-ring (bicyclic) bond motifs is 5. The van der Waals surface area contributed by atoms with Crippen LogP contribution in [0.4, 0.5) is 4.39 Å². The van der Waals surface area contributed by atoms with Crippen LogP contribution < -0.4 is 0 Å². The summed E-state index contributed by atoms with van der Waals surface area (Å²) in [6.45, 7) is 1.97. The Bertz CT molecular complexity index is 866. The fourth-order valence-corrected chi connectivity index (χ4v) is 4.19. The molecule has 0 amide bonds. The fraction of sp³-hybridized carbons (Fsp3) is 0.286. The monoisotopic (exact) mass is 322 g/mol. The average Bonchev–Trinajstić information content (AvgIpc) is 3.18. The topological polar surface area (TPSA) is 37.3 Å². The van der Waals surface area contributed by atoms with Crippen molar-refractivity contribution in [3.05, 3.63) is 70.0 Å². The molecule has 2 aliphatic carbocycles. The second-order valence-electron chi connectivity index (χ2n) is 6.92. The quantitative estimate of drug-likeness (QED) is 0.763. The van der Waals surface area contributed by atoms with Gasteiger partial charge in [-0.3, -0.25) is 0 Å². The number of aromatic carboxylic acids is 1. The van der Waals surface area contributed by atoms with Crippen LogP contribution in [-0.4, -0.2) is 11.1 Å². The van der Waals surface area contributed by atoms with Crippen molar-refractivity contribution < 1.29 is 14.3 Å². The Labute approximate surface area is 140 Å². The van der Waals surface area contributed by atoms with Crippen molar-refractivity contribution in [3.63, 3.8) is 0 Å². The van der Waals surface area contributed by atoms with E-state index in [-0.39, 0.29) is 5.56 Å². The van der Waals surface area contributed by atoms with Gasteiger partial charge in [-0.05, 0) is 78.5 Å². The third-order valence-corrected chi connectivity index (χ3v) is 5.47. The second-order valence-corrected chi connectivity index (χ2v) is 6.92. The second kappa shape index (κ2) is 5.59. The maximum absolute atomic E-state index is 14.1. The maximum atomic E-state index is 14.1. The van der Waals surface area contributed by atoms with Gasteiger partial charge in [-0.25, -0.2) is 9.18 Å². The molecule has 24 heavy (non-hydrogen) atoms. The number of benzene rings is 2. The number of carboxylic acid groups (broad SMARTS) is 1. The van der Waals surface area contributed by atoms with Gasteiger partial charge in [-0.2, -0.15) is 0 Å². The van der Waals surface area contributed by atoms with E-state index in [1.165, 1.54) is 42.5 Å². The van der Waals surface area contributed by atoms with Gasteiger partial charge in [0.25, 0.3) is 0 Å². The number of allylic oxidation sites excluding steroid dienone is 1. The molecular weight excluding hydrogens is 303 g/mol. The molecule has 2 atom stereocenters. The molecule has 122 valence electrons. The summed E-state index contributed by atoms with van der Waals surface area (Å²) in [6, 6.07) is 10.6. The molecule has 0 heterocycles. The molecule has 3 heteroatoms. The lowest BCUT2D eigenvalue weighted by Gasteiger charge is -2.16. The smallest absolute Gasteiger partial charge is 0.335 e. The summed E-state index contributed by atoms with van der Waals surface area (Å²) in [5.41, 5.74) is 5.46. The molecule has 1 fully saturated rings. The summed E-state index contributed by atoms with van der Waals surface area (Å²) in [5, 5.41) is 8.92. The van der Waals surface area contributed by atoms with E-state index in [0.29, 0.717) is 11.5 Å². The zero-order valence-corrected chi connectivity index (χ0v) is 13.6. The summed E-state index contributed by atoms with van der Waals surface area (Å²) < 4.78 is 14.1. The van der Waals surface area contributed by atoms with Crippen LogP contribution in [-0.2, 0) is 0 Å². The van der Waals surface area contributed by atoms with E-state index >= 15 is 0 Å². The van der Waals surface area contributed by atoms with Crippen molar-refractivity contribution in [2.45, 2.75) is 38.0 Å². The number of halogens is 1. The Morgan fingerprint density at radius 3 is 2.50 bits per heavy atom. The van der Waals surface area contributed by atoms with Crippen molar-refractivity contribution in [2.24, 2.45) is 0 Å². The van der Waals surface area contributed by atoms with Crippen LogP contribution in [0, 0.1) is 5.82 Å². The van der Waals surface area contributed by atoms with Gasteiger partial charge in [0.05, 0.1) is 5.56 Å². The summed E-state index contributed by atoms with van der Waals surface area (Å²) in [4.78, 5) is 10.9. The standard InChI is InChI=1S/C21H19FO2/c1-12(8-16-4-5-17(21(23)24)11-20(16)22)13-6-7-18-14-2-3-15(9-14)19(18)10-13/h4-8,10-11,14-15H,2-3,9H2,1H3,(H,23,24). The first-order valence-corrected chi connectivity index (χ1v) is 8.38. The van der Waals surface area contributed by atoms with Gasteiger partial charge in [0.15, 0.2) is 0 Å². The highest BCUT2D eigenvalue weighted by molar-refractivity contribution is 5.88. The average molecular weight is 322 g/mol. The van der Waals surface area contributed by atoms with Crippen LogP contribution >= 0.6 is 0 Å². The van der Waals surface area contributed by atoms with Crippen molar-refractivity contribution in [2.75, 3.05) is 0 Å². The lowest BCUT2D eigenvalue weighted by molar-refractivity contribution is 0.0696. The van der Waals surface area contributed by atoms with Gasteiger partial charge in [0, 0.05) is 5.56 Å². The summed E-state index contributed by atoms with van der Waals surface area (Å²) >= 11 is 0. The van der Waals surface area contributed by atoms with Gasteiger partial charge in [-0.15, -0.1) is 0 Å². The molecule has 2 aliphatic rings. The van der Waals surface area contributed by atoms with Crippen molar-refractivity contribution in [1.82, 2.24) is 0 Å². The highest BCUT2D eigenvalue weighted by Crippen LogP contribution is 2.53. The number of hydrogen-bond donors (Lipinski definition) is 1. The molecule has 1 N–H and O–H groups in total. The third kappa shape index (κ3) is 2.44. The van der Waals surface area contributed by atoms with Gasteiger partial charge in [-0.1, -0.05) is 24.3 Å². The van der Waals surface area contributed by atoms with E-state index in [9.17, 15) is 9.18 Å². The van der Waals surface area contributed by atoms with Crippen LogP contribution in [0.15, 0.2) is 36.4 Å². The van der Waals surface area contributed by atoms with Crippen LogP contribution in [0.2, 0.25) is 0 Å². The highest BCUT2D eigenvalue weighted by atomic mass is 19.1. The molecule has 2 unspecified atom stereocenters. The molecule has 2 aromatic carbocycles. The van der Waals surface area contributed by atoms with Gasteiger partial charge in [0.1, 0.15) is 5.82 Å². The Balaban J connectivity index is 1.67. The van der Waals surface area contributed by atoms with E-state index in [4.69, 9.17) is 5.11 Å². The molecule has 2 nitrogen and oxygen atoms in total. The zero-order valence-electron chi connectivity index (χ0n) is 13.6. The molecule has 0 aliphatic heterocycles. The van der Waals surface area contributed by atoms with Crippen molar-refractivity contribution in [3.8, 4) is 0 Å². The van der Waals surface area contributed by atoms with E-state index in [1.807, 2.05) is 6.92 Å². The molecular formula is C21H19FO2. The van der Waals surface area contributed by atoms with Gasteiger partial charge >= 0.3 is 5.97 Å². The van der Waals surface area contributed by atoms with Crippen molar-refractivity contribution >= 4 is 17.6 Å². The SMILES string of the molecule is CC(=Cc1ccc(C(=O)O)cc1F)c1ccc2c(c1)C1CCC2C1. The lowest BCUT2D eigenvalue weighted by atomic mass is 9.89. The first-order chi connectivity index (χ1) is 11.5. The Kier molecular flexibility index (Phi) is 3.52. The highest BCUT2D eigenvalue weighted by Gasteiger charge is 2.36. The number of hydrogen-bond acceptors (Lipinski definition) is 1. The van der Waals surface area contributed by atoms with Crippen molar-refractivity contribution in [1.29, 1.82) is 0 Å². The van der Waals surface area contributed by atoms with Gasteiger partial charge < -0.3 is 5.11 Å². The molecule has 0 saturated heterocycles. The van der Waals surface area contributed by atoms with Crippen LogP contribution in [0.1, 0.15) is 70.6 Å². The minimum atomic E-state index is -1.12. The molecule has 0 aromatic heterocycles. The van der Waals surface area contributed by atoms with E-state index < -0.39 is 11.8 Å². The Morgan fingerprint density at radius 2 is 1.79 bits per heavy atom. The number of carboxylic acids is 1. The first kappa shape index (κ1) is 15.1. The fourth-order valence-electron chi connectivity index (χ4n) is 4.19. The lowest BCUT2D eigenvalue weighted by Crippen LogP contribution is -1.99. The third-order valence-electron chi connectivity index (χ3n) is 5.47. The minimum absolute atomic E-state index is 0.0316. The normalized spacial score (nSPS) is 21.8. The summed E-state index contributed by atoms with van der Waals surface area (Å²) in [7, 11) is 0. The summed E-state index contributed by atoms with van der Waals surface area (Å²) in [6.07, 6.45) is 5.67. The Hall–Kier alpha value is -2.42. The Morgan fingerprint density at radius 1 is 1.08 bits per heavy atom. The zero-order chi connectivity index (χ0) is 16.8. The maximum Gasteiger partial charge on any atom is 0.335 e. The van der Waals surface area contributed by atoms with E-state index in [0.717, 1.165) is 23.1 Å². The molecule has 1 saturated carbocycles. The van der Waals surface area contributed by atoms with E-state index in [2.05, 4.69) is 18.2 Å². The van der Waals surface area contributed by atoms with Crippen LogP contribution in [0.25, 0.3) is 11.6 Å². The predicted molar refractivity (Wildman–Crippen MR) is 92.7 cm³/mol. The molecule has 0 spiro atoms. The summed E-state index contributed by atoms with van der Waals surface area (Å²) in [5.74, 6) is -0.182. The van der Waals surface area contributed by atoms with E-state index in [1.54, 1.807) is 6.08 Å². The molecule has 0 radical (unpaired) electrons. The minimum Gasteiger partial charge on any atom is -0.478 e. The molecule has 4 rings (SSSR count). The largest absolute Gasteiger partial charge is 0.478 e. The number of carbonyl (C=O) groups is 1. The number of rotatable bonds is 3. The van der Waals surface area contributed by atoms with Crippen LogP contribution in [0.3, 0.4) is 0 Å².